The molecule has 158 valence electrons. The summed E-state index contributed by atoms with van der Waals surface area (Å²) in [6.07, 6.45) is 4.82. The van der Waals surface area contributed by atoms with Crippen LogP contribution in [0.1, 0.15) is 42.7 Å². The first-order valence-corrected chi connectivity index (χ1v) is 11.3. The molecule has 0 N–H and O–H groups in total. The van der Waals surface area contributed by atoms with E-state index in [1.807, 2.05) is 12.1 Å². The summed E-state index contributed by atoms with van der Waals surface area (Å²) >= 11 is 0. The maximum atomic E-state index is 13.4. The first kappa shape index (κ1) is 19.7. The molecule has 0 spiro atoms. The Kier molecular flexibility index (Phi) is 5.57. The number of fused-ring (bicyclic) bond motifs is 3. The number of amides is 1. The molecule has 2 aromatic carbocycles. The Morgan fingerprint density at radius 2 is 1.60 bits per heavy atom. The van der Waals surface area contributed by atoms with Gasteiger partial charge in [0.05, 0.1) is 6.54 Å². The van der Waals surface area contributed by atoms with Crippen molar-refractivity contribution in [3.05, 3.63) is 65.5 Å². The number of carbonyl (C=O) groups is 1. The van der Waals surface area contributed by atoms with E-state index in [0.29, 0.717) is 18.5 Å². The van der Waals surface area contributed by atoms with Crippen molar-refractivity contribution < 1.29 is 9.18 Å². The number of piperazine rings is 1. The molecule has 0 radical (unpaired) electrons. The van der Waals surface area contributed by atoms with Crippen LogP contribution in [0.4, 0.5) is 10.1 Å². The van der Waals surface area contributed by atoms with Gasteiger partial charge in [-0.2, -0.15) is 0 Å². The molecule has 5 rings (SSSR count). The van der Waals surface area contributed by atoms with Gasteiger partial charge in [-0.05, 0) is 42.2 Å². The topological polar surface area (TPSA) is 26.8 Å². The highest BCUT2D eigenvalue weighted by atomic mass is 19.1. The minimum atomic E-state index is -0.189. The Morgan fingerprint density at radius 3 is 2.40 bits per heavy atom. The van der Waals surface area contributed by atoms with Gasteiger partial charge >= 0.3 is 0 Å². The highest BCUT2D eigenvalue weighted by Gasteiger charge is 2.42. The van der Waals surface area contributed by atoms with E-state index in [4.69, 9.17) is 0 Å². The van der Waals surface area contributed by atoms with Gasteiger partial charge in [0.1, 0.15) is 5.82 Å². The molecule has 2 aliphatic heterocycles. The zero-order valence-corrected chi connectivity index (χ0v) is 17.5. The number of halogens is 1. The summed E-state index contributed by atoms with van der Waals surface area (Å²) in [6.45, 7) is 5.01. The van der Waals surface area contributed by atoms with E-state index in [1.54, 1.807) is 0 Å². The lowest BCUT2D eigenvalue weighted by Gasteiger charge is -2.37. The fourth-order valence-electron chi connectivity index (χ4n) is 5.52. The van der Waals surface area contributed by atoms with Crippen LogP contribution in [0.15, 0.2) is 48.5 Å². The minimum absolute atomic E-state index is 0.189. The molecule has 5 heteroatoms. The number of benzene rings is 2. The summed E-state index contributed by atoms with van der Waals surface area (Å²) < 4.78 is 13.1. The van der Waals surface area contributed by atoms with Crippen LogP contribution in [0.25, 0.3) is 0 Å². The highest BCUT2D eigenvalue weighted by Crippen LogP contribution is 2.47. The maximum absolute atomic E-state index is 13.4. The van der Waals surface area contributed by atoms with E-state index in [1.165, 1.54) is 37.0 Å². The van der Waals surface area contributed by atoms with E-state index in [0.717, 1.165) is 50.4 Å². The van der Waals surface area contributed by atoms with Crippen molar-refractivity contribution in [2.24, 2.45) is 0 Å². The molecule has 2 unspecified atom stereocenters. The predicted molar refractivity (Wildman–Crippen MR) is 117 cm³/mol. The third-order valence-corrected chi connectivity index (χ3v) is 7.07. The van der Waals surface area contributed by atoms with Gasteiger partial charge in [0.25, 0.3) is 0 Å². The highest BCUT2D eigenvalue weighted by molar-refractivity contribution is 5.98. The lowest BCUT2D eigenvalue weighted by molar-refractivity contribution is -0.120. The summed E-state index contributed by atoms with van der Waals surface area (Å²) in [5.74, 6) is 0.584. The SMILES string of the molecule is O=C(CN1CCN(Cc2ccc(F)cc2)CC1)N1c2ccccc2C2CCCCC21. The molecule has 0 aromatic heterocycles. The van der Waals surface area contributed by atoms with E-state index in [-0.39, 0.29) is 11.7 Å². The summed E-state index contributed by atoms with van der Waals surface area (Å²) in [6, 6.07) is 15.6. The smallest absolute Gasteiger partial charge is 0.241 e. The largest absolute Gasteiger partial charge is 0.307 e. The molecule has 30 heavy (non-hydrogen) atoms. The molecule has 4 nitrogen and oxygen atoms in total. The molecule has 1 saturated carbocycles. The minimum Gasteiger partial charge on any atom is -0.307 e. The van der Waals surface area contributed by atoms with Crippen LogP contribution in [-0.2, 0) is 11.3 Å². The zero-order chi connectivity index (χ0) is 20.5. The average molecular weight is 408 g/mol. The number of hydrogen-bond acceptors (Lipinski definition) is 3. The van der Waals surface area contributed by atoms with Crippen molar-refractivity contribution >= 4 is 11.6 Å². The third-order valence-electron chi connectivity index (χ3n) is 7.07. The lowest BCUT2D eigenvalue weighted by atomic mass is 9.82. The average Bonchev–Trinajstić information content (AvgIpc) is 3.11. The molecular formula is C25H30FN3O. The van der Waals surface area contributed by atoms with Gasteiger partial charge in [-0.15, -0.1) is 0 Å². The first-order valence-electron chi connectivity index (χ1n) is 11.3. The number of hydrogen-bond donors (Lipinski definition) is 0. The maximum Gasteiger partial charge on any atom is 0.241 e. The summed E-state index contributed by atoms with van der Waals surface area (Å²) in [7, 11) is 0. The van der Waals surface area contributed by atoms with Gasteiger partial charge in [-0.1, -0.05) is 43.2 Å². The molecule has 2 heterocycles. The van der Waals surface area contributed by atoms with Crippen molar-refractivity contribution in [1.82, 2.24) is 9.80 Å². The van der Waals surface area contributed by atoms with Gasteiger partial charge in [-0.3, -0.25) is 14.6 Å². The van der Waals surface area contributed by atoms with Gasteiger partial charge in [0, 0.05) is 50.4 Å². The Balaban J connectivity index is 1.20. The number of carbonyl (C=O) groups excluding carboxylic acids is 1. The second-order valence-corrected chi connectivity index (χ2v) is 8.96. The van der Waals surface area contributed by atoms with Crippen LogP contribution in [0.3, 0.4) is 0 Å². The quantitative estimate of drug-likeness (QED) is 0.766. The van der Waals surface area contributed by atoms with Crippen LogP contribution in [0, 0.1) is 5.82 Å². The molecule has 3 aliphatic rings. The number of rotatable bonds is 4. The predicted octanol–water partition coefficient (Wildman–Crippen LogP) is 4.02. The molecule has 0 bridgehead atoms. The molecule has 2 fully saturated rings. The Bertz CT molecular complexity index is 892. The molecule has 1 saturated heterocycles. The number of nitrogens with zero attached hydrogens (tertiary/aromatic N) is 3. The molecular weight excluding hydrogens is 377 g/mol. The van der Waals surface area contributed by atoms with Crippen LogP contribution < -0.4 is 4.90 Å². The third kappa shape index (κ3) is 3.88. The summed E-state index contributed by atoms with van der Waals surface area (Å²) in [5.41, 5.74) is 3.66. The van der Waals surface area contributed by atoms with E-state index in [2.05, 4.69) is 39.0 Å². The Hall–Kier alpha value is -2.24. The monoisotopic (exact) mass is 407 g/mol. The number of para-hydroxylation sites is 1. The normalized spacial score (nSPS) is 24.5. The van der Waals surface area contributed by atoms with Gasteiger partial charge < -0.3 is 4.90 Å². The zero-order valence-electron chi connectivity index (χ0n) is 17.5. The molecule has 1 amide bonds. The summed E-state index contributed by atoms with van der Waals surface area (Å²) in [4.78, 5) is 20.2. The van der Waals surface area contributed by atoms with Crippen molar-refractivity contribution in [2.45, 2.75) is 44.2 Å². The van der Waals surface area contributed by atoms with E-state index in [9.17, 15) is 9.18 Å². The second-order valence-electron chi connectivity index (χ2n) is 8.96. The van der Waals surface area contributed by atoms with Crippen molar-refractivity contribution in [2.75, 3.05) is 37.6 Å². The van der Waals surface area contributed by atoms with Crippen molar-refractivity contribution in [1.29, 1.82) is 0 Å². The fraction of sp³-hybridized carbons (Fsp3) is 0.480. The van der Waals surface area contributed by atoms with Gasteiger partial charge in [-0.25, -0.2) is 4.39 Å². The van der Waals surface area contributed by atoms with Crippen LogP contribution in [-0.4, -0.2) is 54.5 Å². The van der Waals surface area contributed by atoms with Gasteiger partial charge in [0.2, 0.25) is 5.91 Å². The first-order chi connectivity index (χ1) is 14.7. The molecule has 1 aliphatic carbocycles. The van der Waals surface area contributed by atoms with Crippen molar-refractivity contribution in [3.63, 3.8) is 0 Å². The van der Waals surface area contributed by atoms with E-state index >= 15 is 0 Å². The van der Waals surface area contributed by atoms with Crippen LogP contribution in [0.5, 0.6) is 0 Å². The number of anilines is 1. The van der Waals surface area contributed by atoms with E-state index < -0.39 is 0 Å². The standard InChI is InChI=1S/C25H30FN3O/c26-20-11-9-19(10-12-20)17-27-13-15-28(16-14-27)18-25(30)29-23-7-3-1-5-21(23)22-6-2-4-8-24(22)29/h1,3,5,7,9-12,22,24H,2,4,6,8,13-18H2. The van der Waals surface area contributed by atoms with Gasteiger partial charge in [0.15, 0.2) is 0 Å². The Morgan fingerprint density at radius 1 is 0.900 bits per heavy atom. The summed E-state index contributed by atoms with van der Waals surface area (Å²) in [5, 5.41) is 0. The van der Waals surface area contributed by atoms with Crippen LogP contribution in [0.2, 0.25) is 0 Å². The second kappa shape index (κ2) is 8.48. The molecule has 2 aromatic rings. The lowest BCUT2D eigenvalue weighted by Crippen LogP contribution is -2.51. The Labute approximate surface area is 178 Å². The van der Waals surface area contributed by atoms with Crippen molar-refractivity contribution in [3.8, 4) is 0 Å². The van der Waals surface area contributed by atoms with Crippen LogP contribution >= 0.6 is 0 Å². The molecule has 2 atom stereocenters. The fourth-order valence-corrected chi connectivity index (χ4v) is 5.52.